The van der Waals surface area contributed by atoms with Gasteiger partial charge >= 0.3 is 0 Å². The van der Waals surface area contributed by atoms with Crippen LogP contribution in [0, 0.1) is 0 Å². The molecule has 3 fully saturated rings. The van der Waals surface area contributed by atoms with E-state index < -0.39 is 15.8 Å². The van der Waals surface area contributed by atoms with Gasteiger partial charge in [0.1, 0.15) is 5.69 Å². The summed E-state index contributed by atoms with van der Waals surface area (Å²) in [6, 6.07) is 1.81. The van der Waals surface area contributed by atoms with Crippen LogP contribution in [0.5, 0.6) is 5.88 Å². The number of methoxy groups -OCH3 is 1. The van der Waals surface area contributed by atoms with Crippen LogP contribution in [-0.2, 0) is 21.3 Å². The molecule has 2 aromatic heterocycles. The Morgan fingerprint density at radius 3 is 2.52 bits per heavy atom. The summed E-state index contributed by atoms with van der Waals surface area (Å²) in [6.45, 7) is 16.8. The number of aromatic nitrogens is 1. The molecule has 0 aromatic carbocycles. The number of piperazine rings is 1. The van der Waals surface area contributed by atoms with Gasteiger partial charge in [-0.2, -0.15) is 0 Å². The van der Waals surface area contributed by atoms with E-state index >= 15 is 0 Å². The van der Waals surface area contributed by atoms with E-state index in [9.17, 15) is 8.42 Å². The fourth-order valence-corrected chi connectivity index (χ4v) is 8.35. The molecule has 230 valence electrons. The van der Waals surface area contributed by atoms with Crippen LogP contribution < -0.4 is 14.8 Å². The maximum atomic E-state index is 12.8. The van der Waals surface area contributed by atoms with Crippen molar-refractivity contribution in [1.29, 1.82) is 0 Å². The number of hydrogen-bond acceptors (Lipinski definition) is 11. The van der Waals surface area contributed by atoms with E-state index in [-0.39, 0.29) is 16.7 Å². The second-order valence-corrected chi connectivity index (χ2v) is 15.6. The van der Waals surface area contributed by atoms with Gasteiger partial charge < -0.3 is 14.8 Å². The summed E-state index contributed by atoms with van der Waals surface area (Å²) >= 11 is 1.67. The van der Waals surface area contributed by atoms with Gasteiger partial charge in [-0.3, -0.25) is 19.4 Å². The minimum atomic E-state index is -3.50. The lowest BCUT2D eigenvalue weighted by molar-refractivity contribution is -0.00423. The van der Waals surface area contributed by atoms with Crippen LogP contribution in [-0.4, -0.2) is 110 Å². The molecule has 4 aliphatic rings. The number of sulfonamides is 1. The van der Waals surface area contributed by atoms with Crippen molar-refractivity contribution in [2.24, 2.45) is 4.99 Å². The van der Waals surface area contributed by atoms with Gasteiger partial charge in [0.05, 0.1) is 41.8 Å². The smallest absolute Gasteiger partial charge is 0.238 e. The summed E-state index contributed by atoms with van der Waals surface area (Å²) < 4.78 is 39.5. The minimum Gasteiger partial charge on any atom is -0.480 e. The van der Waals surface area contributed by atoms with Crippen LogP contribution in [0.2, 0.25) is 0 Å². The number of morpholine rings is 1. The quantitative estimate of drug-likeness (QED) is 0.461. The number of thiophene rings is 1. The molecule has 2 saturated heterocycles. The van der Waals surface area contributed by atoms with Gasteiger partial charge in [-0.25, -0.2) is 18.4 Å². The number of hydrogen-bond donors (Lipinski definition) is 2. The van der Waals surface area contributed by atoms with E-state index in [0.29, 0.717) is 31.7 Å². The molecule has 3 aliphatic heterocycles. The van der Waals surface area contributed by atoms with Crippen molar-refractivity contribution < 1.29 is 17.9 Å². The average Bonchev–Trinajstić information content (AvgIpc) is 3.76. The molecule has 42 heavy (non-hydrogen) atoms. The largest absolute Gasteiger partial charge is 0.480 e. The monoisotopic (exact) mass is 617 g/mol. The standard InChI is InChI=1S/C29H43N7O4S2/c1-28(2,3)35-10-8-34(9-11-35)18-21-19-41-26-24(31-29(4,32-25(21)26)36-12-14-40-15-13-36)20-16-23(27(39-5)30-17-20)33-42(37,38)22-6-7-22/h16-17,19,22,32-33H,6-15,18H2,1-5H3. The van der Waals surface area contributed by atoms with E-state index in [0.717, 1.165) is 67.7 Å². The molecular formula is C29H43N7O4S2. The first-order valence-corrected chi connectivity index (χ1v) is 17.2. The zero-order chi connectivity index (χ0) is 29.7. The van der Waals surface area contributed by atoms with Gasteiger partial charge in [0, 0.05) is 68.7 Å². The summed E-state index contributed by atoms with van der Waals surface area (Å²) in [4.78, 5) is 18.2. The van der Waals surface area contributed by atoms with Crippen molar-refractivity contribution in [1.82, 2.24) is 19.7 Å². The highest BCUT2D eigenvalue weighted by molar-refractivity contribution is 7.93. The first-order chi connectivity index (χ1) is 20.0. The SMILES string of the molecule is COc1ncc(C2=NC(C)(N3CCOCC3)Nc3c(CN4CCN(C(C)(C)C)CC4)csc32)cc1NS(=O)(=O)C1CC1. The van der Waals surface area contributed by atoms with Crippen molar-refractivity contribution in [3.63, 3.8) is 0 Å². The Hall–Kier alpha value is -2.29. The molecule has 2 aromatic rings. The molecule has 11 nitrogen and oxygen atoms in total. The fourth-order valence-electron chi connectivity index (χ4n) is 5.95. The topological polar surface area (TPSA) is 112 Å². The van der Waals surface area contributed by atoms with E-state index in [4.69, 9.17) is 14.5 Å². The van der Waals surface area contributed by atoms with E-state index in [1.165, 1.54) is 12.7 Å². The molecule has 0 bridgehead atoms. The molecule has 13 heteroatoms. The van der Waals surface area contributed by atoms with Crippen molar-refractivity contribution in [3.05, 3.63) is 33.6 Å². The Kier molecular flexibility index (Phi) is 8.03. The number of fused-ring (bicyclic) bond motifs is 1. The number of pyridine rings is 1. The molecule has 0 radical (unpaired) electrons. The Morgan fingerprint density at radius 2 is 1.88 bits per heavy atom. The predicted octanol–water partition coefficient (Wildman–Crippen LogP) is 3.24. The number of anilines is 2. The van der Waals surface area contributed by atoms with Crippen LogP contribution in [0.1, 0.15) is 56.5 Å². The predicted molar refractivity (Wildman–Crippen MR) is 167 cm³/mol. The molecule has 1 saturated carbocycles. The van der Waals surface area contributed by atoms with Crippen LogP contribution in [0.4, 0.5) is 11.4 Å². The molecule has 1 aliphatic carbocycles. The number of nitrogens with zero attached hydrogens (tertiary/aromatic N) is 5. The molecule has 5 heterocycles. The number of rotatable bonds is 8. The van der Waals surface area contributed by atoms with Crippen molar-refractivity contribution >= 4 is 38.4 Å². The summed E-state index contributed by atoms with van der Waals surface area (Å²) in [5.74, 6) is -0.449. The molecule has 1 atom stereocenters. The van der Waals surface area contributed by atoms with Gasteiger partial charge in [-0.05, 0) is 52.0 Å². The second kappa shape index (κ2) is 11.3. The van der Waals surface area contributed by atoms with Crippen LogP contribution in [0.25, 0.3) is 0 Å². The van der Waals surface area contributed by atoms with Gasteiger partial charge in [0.15, 0.2) is 5.79 Å². The van der Waals surface area contributed by atoms with Gasteiger partial charge in [-0.1, -0.05) is 0 Å². The molecule has 0 spiro atoms. The highest BCUT2D eigenvalue weighted by Crippen LogP contribution is 2.41. The average molecular weight is 618 g/mol. The van der Waals surface area contributed by atoms with Gasteiger partial charge in [-0.15, -0.1) is 11.3 Å². The van der Waals surface area contributed by atoms with Crippen LogP contribution >= 0.6 is 11.3 Å². The van der Waals surface area contributed by atoms with Crippen molar-refractivity contribution in [2.45, 2.75) is 63.7 Å². The zero-order valence-corrected chi connectivity index (χ0v) is 26.9. The molecular weight excluding hydrogens is 574 g/mol. The summed E-state index contributed by atoms with van der Waals surface area (Å²) in [7, 11) is -2.00. The Balaban J connectivity index is 1.34. The number of nitrogens with one attached hydrogen (secondary N) is 2. The highest BCUT2D eigenvalue weighted by atomic mass is 32.2. The normalized spacial score (nSPS) is 24.5. The third-order valence-electron chi connectivity index (χ3n) is 8.65. The lowest BCUT2D eigenvalue weighted by atomic mass is 10.0. The molecule has 6 rings (SSSR count). The van der Waals surface area contributed by atoms with E-state index in [1.807, 2.05) is 6.07 Å². The van der Waals surface area contributed by atoms with Crippen LogP contribution in [0.15, 0.2) is 22.6 Å². The van der Waals surface area contributed by atoms with Gasteiger partial charge in [0.25, 0.3) is 0 Å². The van der Waals surface area contributed by atoms with Crippen molar-refractivity contribution in [2.75, 3.05) is 69.6 Å². The lowest BCUT2D eigenvalue weighted by Gasteiger charge is -2.44. The first-order valence-electron chi connectivity index (χ1n) is 14.8. The summed E-state index contributed by atoms with van der Waals surface area (Å²) in [6.07, 6.45) is 3.08. The highest BCUT2D eigenvalue weighted by Gasteiger charge is 2.40. The molecule has 1 unspecified atom stereocenters. The minimum absolute atomic E-state index is 0.179. The Bertz CT molecular complexity index is 1440. The molecule has 0 amide bonds. The number of ether oxygens (including phenoxy) is 2. The van der Waals surface area contributed by atoms with E-state index in [1.54, 1.807) is 17.5 Å². The van der Waals surface area contributed by atoms with E-state index in [2.05, 4.69) is 62.8 Å². The maximum absolute atomic E-state index is 12.8. The third kappa shape index (κ3) is 6.04. The third-order valence-corrected chi connectivity index (χ3v) is 11.5. The number of aliphatic imine (C=N–C) groups is 1. The summed E-state index contributed by atoms with van der Waals surface area (Å²) in [5.41, 5.74) is 4.41. The Morgan fingerprint density at radius 1 is 1.17 bits per heavy atom. The van der Waals surface area contributed by atoms with Crippen molar-refractivity contribution in [3.8, 4) is 5.88 Å². The summed E-state index contributed by atoms with van der Waals surface area (Å²) in [5, 5.41) is 5.69. The zero-order valence-electron chi connectivity index (χ0n) is 25.3. The first kappa shape index (κ1) is 29.8. The lowest BCUT2D eigenvalue weighted by Crippen LogP contribution is -2.57. The second-order valence-electron chi connectivity index (χ2n) is 12.7. The Labute approximate surface area is 253 Å². The maximum Gasteiger partial charge on any atom is 0.238 e. The fraction of sp³-hybridized carbons (Fsp3) is 0.655. The molecule has 2 N–H and O–H groups in total. The van der Waals surface area contributed by atoms with Crippen LogP contribution in [0.3, 0.4) is 0 Å². The van der Waals surface area contributed by atoms with Gasteiger partial charge in [0.2, 0.25) is 15.9 Å².